The minimum absolute atomic E-state index is 0.124. The van der Waals surface area contributed by atoms with Gasteiger partial charge in [-0.2, -0.15) is 0 Å². The van der Waals surface area contributed by atoms with Crippen LogP contribution in [0.2, 0.25) is 0 Å². The first-order valence-electron chi connectivity index (χ1n) is 8.16. The molecular weight excluding hydrogens is 326 g/mol. The summed E-state index contributed by atoms with van der Waals surface area (Å²) < 4.78 is 26.5. The van der Waals surface area contributed by atoms with Gasteiger partial charge in [0.05, 0.1) is 5.69 Å². The molecule has 0 saturated carbocycles. The number of benzene rings is 2. The third-order valence-corrected chi connectivity index (χ3v) is 3.63. The van der Waals surface area contributed by atoms with Gasteiger partial charge in [-0.05, 0) is 36.8 Å². The van der Waals surface area contributed by atoms with Crippen molar-refractivity contribution in [1.29, 1.82) is 0 Å². The van der Waals surface area contributed by atoms with Crippen LogP contribution in [0.3, 0.4) is 0 Å². The first-order chi connectivity index (χ1) is 12.0. The van der Waals surface area contributed by atoms with Crippen LogP contribution in [-0.2, 0) is 0 Å². The molecule has 2 N–H and O–H groups in total. The molecule has 0 atom stereocenters. The molecule has 132 valence electrons. The molecule has 25 heavy (non-hydrogen) atoms. The Kier molecular flexibility index (Phi) is 6.62. The van der Waals surface area contributed by atoms with Gasteiger partial charge in [0, 0.05) is 23.7 Å². The molecule has 0 aliphatic rings. The second-order valence-electron chi connectivity index (χ2n) is 5.62. The first-order valence-corrected chi connectivity index (χ1v) is 8.16. The van der Waals surface area contributed by atoms with Crippen molar-refractivity contribution in [2.24, 2.45) is 0 Å². The zero-order chi connectivity index (χ0) is 18.2. The SMILES string of the molecule is CCCCCNC(=O)c1cccc(C(=O)Nc2ccc(F)cc2F)c1. The van der Waals surface area contributed by atoms with Crippen molar-refractivity contribution < 1.29 is 18.4 Å². The van der Waals surface area contributed by atoms with Crippen LogP contribution >= 0.6 is 0 Å². The Bertz CT molecular complexity index is 763. The lowest BCUT2D eigenvalue weighted by Crippen LogP contribution is -2.25. The van der Waals surface area contributed by atoms with E-state index in [-0.39, 0.29) is 17.2 Å². The van der Waals surface area contributed by atoms with E-state index in [2.05, 4.69) is 17.6 Å². The van der Waals surface area contributed by atoms with E-state index >= 15 is 0 Å². The minimum Gasteiger partial charge on any atom is -0.352 e. The molecule has 0 spiro atoms. The van der Waals surface area contributed by atoms with Gasteiger partial charge in [-0.15, -0.1) is 0 Å². The van der Waals surface area contributed by atoms with Crippen LogP contribution in [0.5, 0.6) is 0 Å². The number of hydrogen-bond acceptors (Lipinski definition) is 2. The van der Waals surface area contributed by atoms with E-state index in [0.717, 1.165) is 31.4 Å². The average molecular weight is 346 g/mol. The van der Waals surface area contributed by atoms with Gasteiger partial charge in [0.15, 0.2) is 0 Å². The zero-order valence-corrected chi connectivity index (χ0v) is 13.9. The highest BCUT2D eigenvalue weighted by molar-refractivity contribution is 6.06. The fourth-order valence-corrected chi connectivity index (χ4v) is 2.27. The normalized spacial score (nSPS) is 10.4. The average Bonchev–Trinajstić information content (AvgIpc) is 2.61. The van der Waals surface area contributed by atoms with Crippen molar-refractivity contribution in [3.8, 4) is 0 Å². The number of carbonyl (C=O) groups is 2. The van der Waals surface area contributed by atoms with Crippen molar-refractivity contribution in [2.45, 2.75) is 26.2 Å². The molecule has 2 rings (SSSR count). The molecule has 0 aromatic heterocycles. The minimum atomic E-state index is -0.863. The topological polar surface area (TPSA) is 58.2 Å². The van der Waals surface area contributed by atoms with E-state index in [9.17, 15) is 18.4 Å². The summed E-state index contributed by atoms with van der Waals surface area (Å²) in [5, 5.41) is 5.16. The molecule has 0 aliphatic heterocycles. The maximum atomic E-state index is 13.6. The second kappa shape index (κ2) is 8.92. The van der Waals surface area contributed by atoms with Crippen LogP contribution in [0.1, 0.15) is 46.9 Å². The Labute approximate surface area is 145 Å². The number of amides is 2. The zero-order valence-electron chi connectivity index (χ0n) is 13.9. The molecule has 0 fully saturated rings. The first kappa shape index (κ1) is 18.6. The standard InChI is InChI=1S/C19H20F2N2O2/c1-2-3-4-10-22-18(24)13-6-5-7-14(11-13)19(25)23-17-9-8-15(20)12-16(17)21/h5-9,11-12H,2-4,10H2,1H3,(H,22,24)(H,23,25). The molecule has 2 aromatic carbocycles. The Balaban J connectivity index is 2.04. The number of anilines is 1. The van der Waals surface area contributed by atoms with E-state index < -0.39 is 17.5 Å². The Morgan fingerprint density at radius 3 is 2.36 bits per heavy atom. The molecule has 0 saturated heterocycles. The van der Waals surface area contributed by atoms with E-state index in [1.807, 2.05) is 0 Å². The van der Waals surface area contributed by atoms with Crippen LogP contribution in [0.25, 0.3) is 0 Å². The highest BCUT2D eigenvalue weighted by Crippen LogP contribution is 2.16. The summed E-state index contributed by atoms with van der Waals surface area (Å²) in [5.41, 5.74) is 0.439. The van der Waals surface area contributed by atoms with E-state index in [1.54, 1.807) is 12.1 Å². The summed E-state index contributed by atoms with van der Waals surface area (Å²) in [7, 11) is 0. The van der Waals surface area contributed by atoms with Gasteiger partial charge in [-0.1, -0.05) is 25.8 Å². The van der Waals surface area contributed by atoms with Crippen LogP contribution < -0.4 is 10.6 Å². The van der Waals surface area contributed by atoms with Crippen molar-refractivity contribution in [3.05, 3.63) is 65.2 Å². The third kappa shape index (κ3) is 5.38. The lowest BCUT2D eigenvalue weighted by atomic mass is 10.1. The predicted molar refractivity (Wildman–Crippen MR) is 92.6 cm³/mol. The van der Waals surface area contributed by atoms with Gasteiger partial charge in [0.1, 0.15) is 11.6 Å². The molecule has 0 unspecified atom stereocenters. The van der Waals surface area contributed by atoms with Crippen LogP contribution in [0.15, 0.2) is 42.5 Å². The lowest BCUT2D eigenvalue weighted by molar-refractivity contribution is 0.0953. The van der Waals surface area contributed by atoms with Crippen LogP contribution in [0.4, 0.5) is 14.5 Å². The molecule has 4 nitrogen and oxygen atoms in total. The lowest BCUT2D eigenvalue weighted by Gasteiger charge is -2.08. The summed E-state index contributed by atoms with van der Waals surface area (Å²) in [5.74, 6) is -2.43. The van der Waals surface area contributed by atoms with E-state index in [1.165, 1.54) is 12.1 Å². The molecule has 0 bridgehead atoms. The smallest absolute Gasteiger partial charge is 0.255 e. The Hall–Kier alpha value is -2.76. The molecule has 2 amide bonds. The van der Waals surface area contributed by atoms with Gasteiger partial charge in [-0.3, -0.25) is 9.59 Å². The van der Waals surface area contributed by atoms with E-state index in [0.29, 0.717) is 18.2 Å². The van der Waals surface area contributed by atoms with Gasteiger partial charge < -0.3 is 10.6 Å². The third-order valence-electron chi connectivity index (χ3n) is 3.63. The van der Waals surface area contributed by atoms with Crippen molar-refractivity contribution in [3.63, 3.8) is 0 Å². The Morgan fingerprint density at radius 2 is 1.68 bits per heavy atom. The molecule has 0 heterocycles. The van der Waals surface area contributed by atoms with Crippen molar-refractivity contribution in [1.82, 2.24) is 5.32 Å². The number of carbonyl (C=O) groups excluding carboxylic acids is 2. The fraction of sp³-hybridized carbons (Fsp3) is 0.263. The van der Waals surface area contributed by atoms with Crippen LogP contribution in [0, 0.1) is 11.6 Å². The van der Waals surface area contributed by atoms with Gasteiger partial charge in [0.25, 0.3) is 11.8 Å². The largest absolute Gasteiger partial charge is 0.352 e. The fourth-order valence-electron chi connectivity index (χ4n) is 2.27. The number of halogens is 2. The van der Waals surface area contributed by atoms with E-state index in [4.69, 9.17) is 0 Å². The molecule has 6 heteroatoms. The van der Waals surface area contributed by atoms with Gasteiger partial charge in [0.2, 0.25) is 0 Å². The number of rotatable bonds is 7. The summed E-state index contributed by atoms with van der Waals surface area (Å²) in [6, 6.07) is 9.03. The van der Waals surface area contributed by atoms with Crippen molar-refractivity contribution in [2.75, 3.05) is 11.9 Å². The molecular formula is C19H20F2N2O2. The number of hydrogen-bond donors (Lipinski definition) is 2. The summed E-state index contributed by atoms with van der Waals surface area (Å²) in [6.45, 7) is 2.65. The highest BCUT2D eigenvalue weighted by atomic mass is 19.1. The quantitative estimate of drug-likeness (QED) is 0.741. The Morgan fingerprint density at radius 1 is 0.960 bits per heavy atom. The monoisotopic (exact) mass is 346 g/mol. The summed E-state index contributed by atoms with van der Waals surface area (Å²) in [6.07, 6.45) is 2.99. The maximum Gasteiger partial charge on any atom is 0.255 e. The predicted octanol–water partition coefficient (Wildman–Crippen LogP) is 4.14. The highest BCUT2D eigenvalue weighted by Gasteiger charge is 2.12. The second-order valence-corrected chi connectivity index (χ2v) is 5.62. The van der Waals surface area contributed by atoms with Gasteiger partial charge >= 0.3 is 0 Å². The summed E-state index contributed by atoms with van der Waals surface area (Å²) in [4.78, 5) is 24.3. The van der Waals surface area contributed by atoms with Gasteiger partial charge in [-0.25, -0.2) is 8.78 Å². The number of unbranched alkanes of at least 4 members (excludes halogenated alkanes) is 2. The molecule has 2 aromatic rings. The van der Waals surface area contributed by atoms with Crippen LogP contribution in [-0.4, -0.2) is 18.4 Å². The molecule has 0 radical (unpaired) electrons. The van der Waals surface area contributed by atoms with Crippen molar-refractivity contribution >= 4 is 17.5 Å². The maximum absolute atomic E-state index is 13.6. The number of nitrogens with one attached hydrogen (secondary N) is 2. The molecule has 0 aliphatic carbocycles. The summed E-state index contributed by atoms with van der Waals surface area (Å²) >= 11 is 0.